The van der Waals surface area contributed by atoms with Crippen LogP contribution in [0.3, 0.4) is 0 Å². The molecule has 1 atom stereocenters. The summed E-state index contributed by atoms with van der Waals surface area (Å²) in [4.78, 5) is 11.1. The maximum atomic E-state index is 5.47. The summed E-state index contributed by atoms with van der Waals surface area (Å²) in [5.74, 6) is 1.62. The Morgan fingerprint density at radius 3 is 2.76 bits per heavy atom. The standard InChI is InChI=1S/C12H20BrN3O/c1-5-17-12-10(3)11(14-8-15-12)16(4)7-6-9(2)13/h8-9H,5-7H2,1-4H3. The molecule has 0 saturated carbocycles. The number of hydrogen-bond donors (Lipinski definition) is 0. The molecule has 0 bridgehead atoms. The minimum Gasteiger partial charge on any atom is -0.478 e. The van der Waals surface area contributed by atoms with E-state index in [9.17, 15) is 0 Å². The molecule has 0 saturated heterocycles. The normalized spacial score (nSPS) is 12.3. The molecule has 0 N–H and O–H groups in total. The highest BCUT2D eigenvalue weighted by atomic mass is 79.9. The summed E-state index contributed by atoms with van der Waals surface area (Å²) in [5, 5.41) is 0. The Bertz CT molecular complexity index is 358. The molecule has 0 aliphatic heterocycles. The molecule has 0 spiro atoms. The Morgan fingerprint density at radius 1 is 1.47 bits per heavy atom. The molecule has 1 aromatic rings. The second-order valence-corrected chi connectivity index (χ2v) is 5.61. The molecule has 1 rings (SSSR count). The highest BCUT2D eigenvalue weighted by Crippen LogP contribution is 2.23. The third-order valence-corrected chi connectivity index (χ3v) is 2.97. The van der Waals surface area contributed by atoms with E-state index in [1.165, 1.54) is 0 Å². The zero-order chi connectivity index (χ0) is 12.8. The van der Waals surface area contributed by atoms with Gasteiger partial charge in [0, 0.05) is 18.4 Å². The van der Waals surface area contributed by atoms with Crippen molar-refractivity contribution in [2.24, 2.45) is 0 Å². The summed E-state index contributed by atoms with van der Waals surface area (Å²) in [5.41, 5.74) is 0.999. The van der Waals surface area contributed by atoms with E-state index in [0.29, 0.717) is 17.3 Å². The summed E-state index contributed by atoms with van der Waals surface area (Å²) in [6.07, 6.45) is 2.63. The minimum atomic E-state index is 0.512. The van der Waals surface area contributed by atoms with Crippen LogP contribution in [0.5, 0.6) is 5.88 Å². The van der Waals surface area contributed by atoms with Gasteiger partial charge in [0.05, 0.1) is 12.2 Å². The van der Waals surface area contributed by atoms with Gasteiger partial charge in [0.1, 0.15) is 12.1 Å². The average Bonchev–Trinajstić information content (AvgIpc) is 2.29. The Morgan fingerprint density at radius 2 is 2.18 bits per heavy atom. The van der Waals surface area contributed by atoms with Crippen LogP contribution in [0.2, 0.25) is 0 Å². The highest BCUT2D eigenvalue weighted by Gasteiger charge is 2.12. The number of nitrogens with zero attached hydrogens (tertiary/aromatic N) is 3. The lowest BCUT2D eigenvalue weighted by atomic mass is 10.2. The van der Waals surface area contributed by atoms with E-state index in [4.69, 9.17) is 4.74 Å². The molecule has 0 amide bonds. The van der Waals surface area contributed by atoms with Crippen molar-refractivity contribution in [3.05, 3.63) is 11.9 Å². The summed E-state index contributed by atoms with van der Waals surface area (Å²) < 4.78 is 5.47. The van der Waals surface area contributed by atoms with E-state index in [0.717, 1.165) is 24.3 Å². The number of anilines is 1. The molecule has 1 heterocycles. The van der Waals surface area contributed by atoms with Gasteiger partial charge >= 0.3 is 0 Å². The fourth-order valence-electron chi connectivity index (χ4n) is 1.57. The van der Waals surface area contributed by atoms with Crippen LogP contribution in [0.1, 0.15) is 25.8 Å². The molecule has 0 aliphatic rings. The average molecular weight is 302 g/mol. The third kappa shape index (κ3) is 4.15. The molecule has 0 radical (unpaired) electrons. The quantitative estimate of drug-likeness (QED) is 0.757. The molecule has 1 unspecified atom stereocenters. The number of ether oxygens (including phenoxy) is 1. The monoisotopic (exact) mass is 301 g/mol. The van der Waals surface area contributed by atoms with Gasteiger partial charge in [-0.3, -0.25) is 0 Å². The van der Waals surface area contributed by atoms with Gasteiger partial charge in [0.2, 0.25) is 5.88 Å². The van der Waals surface area contributed by atoms with Gasteiger partial charge in [-0.25, -0.2) is 9.97 Å². The maximum Gasteiger partial charge on any atom is 0.221 e. The van der Waals surface area contributed by atoms with E-state index in [-0.39, 0.29) is 0 Å². The summed E-state index contributed by atoms with van der Waals surface area (Å²) in [6, 6.07) is 0. The van der Waals surface area contributed by atoms with Crippen LogP contribution in [-0.2, 0) is 0 Å². The van der Waals surface area contributed by atoms with Crippen LogP contribution in [0.4, 0.5) is 5.82 Å². The largest absolute Gasteiger partial charge is 0.478 e. The lowest BCUT2D eigenvalue weighted by Gasteiger charge is -2.21. The van der Waals surface area contributed by atoms with E-state index < -0.39 is 0 Å². The second kappa shape index (κ2) is 6.79. The Labute approximate surface area is 112 Å². The third-order valence-electron chi connectivity index (χ3n) is 2.52. The van der Waals surface area contributed by atoms with Gasteiger partial charge in [0.15, 0.2) is 0 Å². The van der Waals surface area contributed by atoms with Gasteiger partial charge in [-0.15, -0.1) is 0 Å². The maximum absolute atomic E-state index is 5.47. The Kier molecular flexibility index (Phi) is 5.68. The molecule has 0 aromatic carbocycles. The lowest BCUT2D eigenvalue weighted by Crippen LogP contribution is -2.22. The minimum absolute atomic E-state index is 0.512. The molecule has 17 heavy (non-hydrogen) atoms. The molecule has 96 valence electrons. The van der Waals surface area contributed by atoms with E-state index in [2.05, 4.69) is 37.7 Å². The van der Waals surface area contributed by atoms with Gasteiger partial charge in [-0.05, 0) is 20.3 Å². The number of aromatic nitrogens is 2. The summed E-state index contributed by atoms with van der Waals surface area (Å²) >= 11 is 3.55. The summed E-state index contributed by atoms with van der Waals surface area (Å²) in [7, 11) is 2.04. The Balaban J connectivity index is 2.78. The molecule has 4 nitrogen and oxygen atoms in total. The smallest absolute Gasteiger partial charge is 0.221 e. The van der Waals surface area contributed by atoms with Crippen molar-refractivity contribution < 1.29 is 4.74 Å². The zero-order valence-electron chi connectivity index (χ0n) is 10.9. The SMILES string of the molecule is CCOc1ncnc(N(C)CCC(C)Br)c1C. The number of rotatable bonds is 6. The van der Waals surface area contributed by atoms with Crippen LogP contribution in [0.15, 0.2) is 6.33 Å². The van der Waals surface area contributed by atoms with Gasteiger partial charge in [-0.1, -0.05) is 22.9 Å². The molecule has 0 fully saturated rings. The van der Waals surface area contributed by atoms with Gasteiger partial charge in [-0.2, -0.15) is 0 Å². The van der Waals surface area contributed by atoms with Gasteiger partial charge in [0.25, 0.3) is 0 Å². The number of halogens is 1. The molecular formula is C12H20BrN3O. The molecular weight excluding hydrogens is 282 g/mol. The van der Waals surface area contributed by atoms with Crippen LogP contribution >= 0.6 is 15.9 Å². The van der Waals surface area contributed by atoms with Crippen molar-refractivity contribution in [3.63, 3.8) is 0 Å². The first-order valence-corrected chi connectivity index (χ1v) is 6.77. The van der Waals surface area contributed by atoms with Crippen molar-refractivity contribution in [2.75, 3.05) is 25.1 Å². The van der Waals surface area contributed by atoms with Crippen molar-refractivity contribution in [1.29, 1.82) is 0 Å². The van der Waals surface area contributed by atoms with E-state index >= 15 is 0 Å². The number of alkyl halides is 1. The van der Waals surface area contributed by atoms with Crippen LogP contribution in [0.25, 0.3) is 0 Å². The lowest BCUT2D eigenvalue weighted by molar-refractivity contribution is 0.323. The van der Waals surface area contributed by atoms with Crippen LogP contribution in [0, 0.1) is 6.92 Å². The fourth-order valence-corrected chi connectivity index (χ4v) is 1.77. The second-order valence-electron chi connectivity index (χ2n) is 4.05. The fraction of sp³-hybridized carbons (Fsp3) is 0.667. The van der Waals surface area contributed by atoms with Crippen LogP contribution in [-0.4, -0.2) is 35.0 Å². The predicted molar refractivity (Wildman–Crippen MR) is 74.2 cm³/mol. The van der Waals surface area contributed by atoms with Crippen molar-refractivity contribution >= 4 is 21.7 Å². The first-order chi connectivity index (χ1) is 8.06. The topological polar surface area (TPSA) is 38.3 Å². The van der Waals surface area contributed by atoms with Crippen molar-refractivity contribution in [1.82, 2.24) is 9.97 Å². The van der Waals surface area contributed by atoms with Crippen molar-refractivity contribution in [3.8, 4) is 5.88 Å². The summed E-state index contributed by atoms with van der Waals surface area (Å²) in [6.45, 7) is 7.67. The molecule has 0 aliphatic carbocycles. The van der Waals surface area contributed by atoms with E-state index in [1.54, 1.807) is 6.33 Å². The predicted octanol–water partition coefficient (Wildman–Crippen LogP) is 2.79. The number of hydrogen-bond acceptors (Lipinski definition) is 4. The van der Waals surface area contributed by atoms with Crippen LogP contribution < -0.4 is 9.64 Å². The van der Waals surface area contributed by atoms with Crippen molar-refractivity contribution in [2.45, 2.75) is 32.0 Å². The molecule has 5 heteroatoms. The van der Waals surface area contributed by atoms with E-state index in [1.807, 2.05) is 20.9 Å². The van der Waals surface area contributed by atoms with Gasteiger partial charge < -0.3 is 9.64 Å². The zero-order valence-corrected chi connectivity index (χ0v) is 12.5. The first-order valence-electron chi connectivity index (χ1n) is 5.85. The first kappa shape index (κ1) is 14.2. The Hall–Kier alpha value is -0.840. The molecule has 1 aromatic heterocycles. The highest BCUT2D eigenvalue weighted by molar-refractivity contribution is 9.09.